The molecule has 0 amide bonds. The van der Waals surface area contributed by atoms with Gasteiger partial charge in [-0.1, -0.05) is 41.5 Å². The molecular weight excluding hydrogens is 250 g/mol. The van der Waals surface area contributed by atoms with E-state index < -0.39 is 12.0 Å². The van der Waals surface area contributed by atoms with Gasteiger partial charge in [-0.3, -0.25) is 0 Å². The molecule has 0 fully saturated rings. The van der Waals surface area contributed by atoms with Gasteiger partial charge < -0.3 is 10.4 Å². The zero-order valence-corrected chi connectivity index (χ0v) is 12.0. The molecule has 0 aliphatic heterocycles. The first-order chi connectivity index (χ1) is 9.47. The maximum atomic E-state index is 11.6. The fourth-order valence-electron chi connectivity index (χ4n) is 2.16. The molecule has 20 heavy (non-hydrogen) atoms. The van der Waals surface area contributed by atoms with E-state index in [0.717, 1.165) is 27.9 Å². The minimum Gasteiger partial charge on any atom is -0.479 e. The Balaban J connectivity index is 2.34. The summed E-state index contributed by atoms with van der Waals surface area (Å²) in [6.45, 7) is 5.90. The van der Waals surface area contributed by atoms with Crippen LogP contribution < -0.4 is 5.32 Å². The molecule has 0 heterocycles. The molecule has 1 atom stereocenters. The monoisotopic (exact) mass is 269 g/mol. The summed E-state index contributed by atoms with van der Waals surface area (Å²) in [7, 11) is 0. The van der Waals surface area contributed by atoms with E-state index >= 15 is 0 Å². The number of rotatable bonds is 4. The Labute approximate surface area is 119 Å². The molecule has 2 aromatic rings. The summed E-state index contributed by atoms with van der Waals surface area (Å²) < 4.78 is 0. The Bertz CT molecular complexity index is 617. The van der Waals surface area contributed by atoms with E-state index in [2.05, 4.69) is 5.32 Å². The molecule has 3 nitrogen and oxygen atoms in total. The summed E-state index contributed by atoms with van der Waals surface area (Å²) in [5, 5.41) is 12.6. The maximum Gasteiger partial charge on any atom is 0.330 e. The van der Waals surface area contributed by atoms with Crippen molar-refractivity contribution in [3.05, 3.63) is 64.7 Å². The van der Waals surface area contributed by atoms with Gasteiger partial charge in [0.25, 0.3) is 0 Å². The second-order valence-corrected chi connectivity index (χ2v) is 5.14. The van der Waals surface area contributed by atoms with Crippen LogP contribution in [0.2, 0.25) is 0 Å². The molecule has 0 radical (unpaired) electrons. The highest BCUT2D eigenvalue weighted by Crippen LogP contribution is 2.24. The number of benzene rings is 2. The van der Waals surface area contributed by atoms with Crippen molar-refractivity contribution in [1.82, 2.24) is 0 Å². The van der Waals surface area contributed by atoms with Crippen LogP contribution in [-0.2, 0) is 4.79 Å². The molecule has 0 aromatic heterocycles. The average Bonchev–Trinajstić information content (AvgIpc) is 2.41. The van der Waals surface area contributed by atoms with Crippen LogP contribution in [0.4, 0.5) is 5.69 Å². The SMILES string of the molecule is Cc1ccc(NC(C(=O)O)c2cc(C)ccc2C)cc1. The number of carboxylic acid groups (broad SMARTS) is 1. The Kier molecular flexibility index (Phi) is 4.08. The zero-order chi connectivity index (χ0) is 14.7. The first-order valence-electron chi connectivity index (χ1n) is 6.60. The van der Waals surface area contributed by atoms with E-state index in [-0.39, 0.29) is 0 Å². The number of hydrogen-bond donors (Lipinski definition) is 2. The summed E-state index contributed by atoms with van der Waals surface area (Å²) >= 11 is 0. The van der Waals surface area contributed by atoms with Crippen LogP contribution in [-0.4, -0.2) is 11.1 Å². The average molecular weight is 269 g/mol. The molecule has 0 aliphatic rings. The molecule has 0 aliphatic carbocycles. The van der Waals surface area contributed by atoms with Crippen LogP contribution in [0, 0.1) is 20.8 Å². The highest BCUT2D eigenvalue weighted by Gasteiger charge is 2.21. The number of carbonyl (C=O) groups is 1. The van der Waals surface area contributed by atoms with Gasteiger partial charge in [0.2, 0.25) is 0 Å². The summed E-state index contributed by atoms with van der Waals surface area (Å²) in [5.74, 6) is -0.876. The Hall–Kier alpha value is -2.29. The van der Waals surface area contributed by atoms with Gasteiger partial charge in [0, 0.05) is 5.69 Å². The first-order valence-corrected chi connectivity index (χ1v) is 6.60. The number of aryl methyl sites for hydroxylation is 3. The Morgan fingerprint density at radius 1 is 1.00 bits per heavy atom. The van der Waals surface area contributed by atoms with Crippen molar-refractivity contribution in [2.75, 3.05) is 5.32 Å². The fraction of sp³-hybridized carbons (Fsp3) is 0.235. The molecule has 0 spiro atoms. The summed E-state index contributed by atoms with van der Waals surface area (Å²) in [6.07, 6.45) is 0. The fourth-order valence-corrected chi connectivity index (χ4v) is 2.16. The molecule has 2 rings (SSSR count). The van der Waals surface area contributed by atoms with Crippen LogP contribution >= 0.6 is 0 Å². The molecule has 2 N–H and O–H groups in total. The zero-order valence-electron chi connectivity index (χ0n) is 12.0. The van der Waals surface area contributed by atoms with Crippen LogP contribution in [0.5, 0.6) is 0 Å². The third kappa shape index (κ3) is 3.18. The lowest BCUT2D eigenvalue weighted by atomic mass is 9.98. The van der Waals surface area contributed by atoms with Crippen molar-refractivity contribution in [3.63, 3.8) is 0 Å². The van der Waals surface area contributed by atoms with Crippen molar-refractivity contribution in [1.29, 1.82) is 0 Å². The summed E-state index contributed by atoms with van der Waals surface area (Å²) in [6, 6.07) is 12.9. The number of nitrogens with one attached hydrogen (secondary N) is 1. The van der Waals surface area contributed by atoms with E-state index in [1.54, 1.807) is 0 Å². The Morgan fingerprint density at radius 3 is 2.20 bits per heavy atom. The smallest absolute Gasteiger partial charge is 0.330 e. The van der Waals surface area contributed by atoms with Crippen molar-refractivity contribution >= 4 is 11.7 Å². The minimum atomic E-state index is -0.876. The van der Waals surface area contributed by atoms with Gasteiger partial charge in [0.1, 0.15) is 0 Å². The quantitative estimate of drug-likeness (QED) is 0.886. The van der Waals surface area contributed by atoms with Crippen LogP contribution in [0.25, 0.3) is 0 Å². The van der Waals surface area contributed by atoms with Crippen molar-refractivity contribution in [2.45, 2.75) is 26.8 Å². The normalized spacial score (nSPS) is 11.9. The lowest BCUT2D eigenvalue weighted by Gasteiger charge is -2.19. The Morgan fingerprint density at radius 2 is 1.60 bits per heavy atom. The summed E-state index contributed by atoms with van der Waals surface area (Å²) in [4.78, 5) is 11.6. The van der Waals surface area contributed by atoms with E-state index in [4.69, 9.17) is 0 Å². The van der Waals surface area contributed by atoms with Crippen molar-refractivity contribution in [3.8, 4) is 0 Å². The van der Waals surface area contributed by atoms with E-state index in [9.17, 15) is 9.90 Å². The molecule has 0 bridgehead atoms. The standard InChI is InChI=1S/C17H19NO2/c1-11-5-8-14(9-6-11)18-16(17(19)20)15-10-12(2)4-7-13(15)3/h4-10,16,18H,1-3H3,(H,19,20). The predicted octanol–water partition coefficient (Wildman–Crippen LogP) is 3.85. The largest absolute Gasteiger partial charge is 0.479 e. The minimum absolute atomic E-state index is 0.738. The van der Waals surface area contributed by atoms with E-state index in [0.29, 0.717) is 0 Å². The van der Waals surface area contributed by atoms with Crippen LogP contribution in [0.1, 0.15) is 28.3 Å². The van der Waals surface area contributed by atoms with Crippen molar-refractivity contribution in [2.24, 2.45) is 0 Å². The topological polar surface area (TPSA) is 49.3 Å². The van der Waals surface area contributed by atoms with Crippen LogP contribution in [0.3, 0.4) is 0 Å². The second kappa shape index (κ2) is 5.78. The number of aliphatic carboxylic acids is 1. The molecule has 0 saturated heterocycles. The van der Waals surface area contributed by atoms with Gasteiger partial charge in [-0.05, 0) is 44.0 Å². The molecule has 0 saturated carbocycles. The molecule has 3 heteroatoms. The maximum absolute atomic E-state index is 11.6. The highest BCUT2D eigenvalue weighted by atomic mass is 16.4. The predicted molar refractivity (Wildman–Crippen MR) is 81.1 cm³/mol. The van der Waals surface area contributed by atoms with E-state index in [1.807, 2.05) is 63.2 Å². The third-order valence-corrected chi connectivity index (χ3v) is 3.36. The number of hydrogen-bond acceptors (Lipinski definition) is 2. The van der Waals surface area contributed by atoms with E-state index in [1.165, 1.54) is 0 Å². The van der Waals surface area contributed by atoms with Crippen molar-refractivity contribution < 1.29 is 9.90 Å². The molecule has 1 unspecified atom stereocenters. The highest BCUT2D eigenvalue weighted by molar-refractivity contribution is 5.80. The van der Waals surface area contributed by atoms with Gasteiger partial charge in [-0.15, -0.1) is 0 Å². The van der Waals surface area contributed by atoms with Gasteiger partial charge in [0.15, 0.2) is 6.04 Å². The number of carboxylic acids is 1. The molecule has 104 valence electrons. The second-order valence-electron chi connectivity index (χ2n) is 5.14. The lowest BCUT2D eigenvalue weighted by Crippen LogP contribution is -2.21. The van der Waals surface area contributed by atoms with Gasteiger partial charge >= 0.3 is 5.97 Å². The molecule has 2 aromatic carbocycles. The lowest BCUT2D eigenvalue weighted by molar-refractivity contribution is -0.138. The summed E-state index contributed by atoms with van der Waals surface area (Å²) in [5.41, 5.74) is 4.79. The molecular formula is C17H19NO2. The third-order valence-electron chi connectivity index (χ3n) is 3.36. The van der Waals surface area contributed by atoms with Crippen LogP contribution in [0.15, 0.2) is 42.5 Å². The van der Waals surface area contributed by atoms with Gasteiger partial charge in [-0.25, -0.2) is 4.79 Å². The first kappa shape index (κ1) is 14.1. The van der Waals surface area contributed by atoms with Gasteiger partial charge in [-0.2, -0.15) is 0 Å². The van der Waals surface area contributed by atoms with Gasteiger partial charge in [0.05, 0.1) is 0 Å². The number of anilines is 1.